The van der Waals surface area contributed by atoms with Gasteiger partial charge in [0.05, 0.1) is 14.2 Å². The highest BCUT2D eigenvalue weighted by molar-refractivity contribution is 5.92. The summed E-state index contributed by atoms with van der Waals surface area (Å²) in [5.74, 6) is 1.90. The molecule has 8 nitrogen and oxygen atoms in total. The molecule has 0 bridgehead atoms. The number of methoxy groups -OCH3 is 3. The van der Waals surface area contributed by atoms with E-state index in [0.29, 0.717) is 42.7 Å². The van der Waals surface area contributed by atoms with Gasteiger partial charge in [-0.3, -0.25) is 4.79 Å². The van der Waals surface area contributed by atoms with Crippen LogP contribution in [-0.4, -0.2) is 62.0 Å². The lowest BCUT2D eigenvalue weighted by molar-refractivity contribution is 0.0727. The van der Waals surface area contributed by atoms with E-state index in [0.717, 1.165) is 24.9 Å². The fourth-order valence-electron chi connectivity index (χ4n) is 3.19. The van der Waals surface area contributed by atoms with Crippen LogP contribution in [0.3, 0.4) is 0 Å². The Morgan fingerprint density at radius 2 is 1.86 bits per heavy atom. The Balaban J connectivity index is 1.65. The molecule has 1 amide bonds. The van der Waals surface area contributed by atoms with Gasteiger partial charge in [-0.1, -0.05) is 0 Å². The Labute approximate surface area is 164 Å². The van der Waals surface area contributed by atoms with Crippen LogP contribution in [0.5, 0.6) is 11.5 Å². The Morgan fingerprint density at radius 1 is 1.11 bits per heavy atom. The predicted octanol–water partition coefficient (Wildman–Crippen LogP) is 2.14. The maximum atomic E-state index is 12.8. The summed E-state index contributed by atoms with van der Waals surface area (Å²) in [5, 5.41) is 11.3. The molecule has 1 aliphatic heterocycles. The van der Waals surface area contributed by atoms with Crippen LogP contribution in [0.15, 0.2) is 24.3 Å². The SMILES string of the molecule is COCCCNc1ccc(C(=O)N2CCc3cc(OC)c(OC)cc3C2)nn1. The summed E-state index contributed by atoms with van der Waals surface area (Å²) in [6, 6.07) is 7.41. The Morgan fingerprint density at radius 3 is 2.50 bits per heavy atom. The lowest BCUT2D eigenvalue weighted by Gasteiger charge is -2.29. The second kappa shape index (κ2) is 9.36. The summed E-state index contributed by atoms with van der Waals surface area (Å²) in [5.41, 5.74) is 2.57. The smallest absolute Gasteiger partial charge is 0.274 e. The molecule has 0 unspecified atom stereocenters. The number of carbonyl (C=O) groups is 1. The Kier molecular flexibility index (Phi) is 6.65. The summed E-state index contributed by atoms with van der Waals surface area (Å²) in [6.07, 6.45) is 1.63. The van der Waals surface area contributed by atoms with Gasteiger partial charge < -0.3 is 24.4 Å². The predicted molar refractivity (Wildman–Crippen MR) is 105 cm³/mol. The summed E-state index contributed by atoms with van der Waals surface area (Å²) in [6.45, 7) is 2.56. The van der Waals surface area contributed by atoms with E-state index in [9.17, 15) is 4.79 Å². The summed E-state index contributed by atoms with van der Waals surface area (Å²) < 4.78 is 15.7. The van der Waals surface area contributed by atoms with Crippen LogP contribution in [0.1, 0.15) is 28.0 Å². The van der Waals surface area contributed by atoms with E-state index in [1.54, 1.807) is 38.4 Å². The maximum Gasteiger partial charge on any atom is 0.274 e. The topological polar surface area (TPSA) is 85.8 Å². The number of benzene rings is 1. The molecule has 1 aromatic heterocycles. The fourth-order valence-corrected chi connectivity index (χ4v) is 3.19. The summed E-state index contributed by atoms with van der Waals surface area (Å²) >= 11 is 0. The van der Waals surface area contributed by atoms with Crippen molar-refractivity contribution < 1.29 is 19.0 Å². The van der Waals surface area contributed by atoms with Crippen molar-refractivity contribution in [1.29, 1.82) is 0 Å². The van der Waals surface area contributed by atoms with Crippen LogP contribution in [-0.2, 0) is 17.7 Å². The van der Waals surface area contributed by atoms with E-state index in [-0.39, 0.29) is 5.91 Å². The monoisotopic (exact) mass is 386 g/mol. The fraction of sp³-hybridized carbons (Fsp3) is 0.450. The average Bonchev–Trinajstić information content (AvgIpc) is 2.75. The van der Waals surface area contributed by atoms with Gasteiger partial charge in [0.2, 0.25) is 0 Å². The molecule has 2 aromatic rings. The highest BCUT2D eigenvalue weighted by Crippen LogP contribution is 2.33. The lowest BCUT2D eigenvalue weighted by Crippen LogP contribution is -2.36. The molecule has 1 aromatic carbocycles. The number of hydrogen-bond donors (Lipinski definition) is 1. The molecule has 1 aliphatic rings. The third-order valence-electron chi connectivity index (χ3n) is 4.72. The first-order valence-corrected chi connectivity index (χ1v) is 9.26. The minimum Gasteiger partial charge on any atom is -0.493 e. The molecule has 0 spiro atoms. The van der Waals surface area contributed by atoms with Crippen LogP contribution in [0.4, 0.5) is 5.82 Å². The van der Waals surface area contributed by atoms with Gasteiger partial charge in [0.25, 0.3) is 5.91 Å². The standard InChI is InChI=1S/C20H26N4O4/c1-26-10-4-8-21-19-6-5-16(22-23-19)20(25)24-9-7-14-11-17(27-2)18(28-3)12-15(14)13-24/h5-6,11-12H,4,7-10,13H2,1-3H3,(H,21,23). The van der Waals surface area contributed by atoms with Crippen LogP contribution in [0.2, 0.25) is 0 Å². The highest BCUT2D eigenvalue weighted by Gasteiger charge is 2.24. The second-order valence-corrected chi connectivity index (χ2v) is 6.53. The molecule has 28 heavy (non-hydrogen) atoms. The third-order valence-corrected chi connectivity index (χ3v) is 4.72. The Bertz CT molecular complexity index is 811. The van der Waals surface area contributed by atoms with Crippen molar-refractivity contribution in [2.24, 2.45) is 0 Å². The number of carbonyl (C=O) groups excluding carboxylic acids is 1. The number of fused-ring (bicyclic) bond motifs is 1. The van der Waals surface area contributed by atoms with Crippen LogP contribution in [0.25, 0.3) is 0 Å². The van der Waals surface area contributed by atoms with Crippen molar-refractivity contribution in [2.75, 3.05) is 46.3 Å². The maximum absolute atomic E-state index is 12.8. The zero-order valence-corrected chi connectivity index (χ0v) is 16.5. The van der Waals surface area contributed by atoms with Gasteiger partial charge in [-0.2, -0.15) is 0 Å². The van der Waals surface area contributed by atoms with Crippen LogP contribution >= 0.6 is 0 Å². The van der Waals surface area contributed by atoms with Gasteiger partial charge in [-0.15, -0.1) is 10.2 Å². The van der Waals surface area contributed by atoms with E-state index in [4.69, 9.17) is 14.2 Å². The van der Waals surface area contributed by atoms with Crippen molar-refractivity contribution >= 4 is 11.7 Å². The second-order valence-electron chi connectivity index (χ2n) is 6.53. The molecular weight excluding hydrogens is 360 g/mol. The molecule has 0 fully saturated rings. The molecular formula is C20H26N4O4. The van der Waals surface area contributed by atoms with Gasteiger partial charge in [0.1, 0.15) is 5.82 Å². The number of aromatic nitrogens is 2. The van der Waals surface area contributed by atoms with Crippen molar-refractivity contribution in [3.8, 4) is 11.5 Å². The molecule has 0 aliphatic carbocycles. The summed E-state index contributed by atoms with van der Waals surface area (Å²) in [7, 11) is 4.90. The van der Waals surface area contributed by atoms with Gasteiger partial charge in [-0.05, 0) is 48.2 Å². The first-order valence-electron chi connectivity index (χ1n) is 9.26. The molecule has 2 heterocycles. The molecule has 3 rings (SSSR count). The Hall–Kier alpha value is -2.87. The number of nitrogens with zero attached hydrogens (tertiary/aromatic N) is 3. The lowest BCUT2D eigenvalue weighted by atomic mass is 9.98. The summed E-state index contributed by atoms with van der Waals surface area (Å²) in [4.78, 5) is 14.6. The number of anilines is 1. The molecule has 0 saturated carbocycles. The zero-order chi connectivity index (χ0) is 19.9. The van der Waals surface area contributed by atoms with Crippen molar-refractivity contribution in [3.05, 3.63) is 41.1 Å². The van der Waals surface area contributed by atoms with E-state index >= 15 is 0 Å². The minimum atomic E-state index is -0.126. The molecule has 8 heteroatoms. The quantitative estimate of drug-likeness (QED) is 0.696. The average molecular weight is 386 g/mol. The molecule has 0 radical (unpaired) electrons. The van der Waals surface area contributed by atoms with Crippen LogP contribution in [0, 0.1) is 0 Å². The first-order chi connectivity index (χ1) is 13.7. The molecule has 1 N–H and O–H groups in total. The number of ether oxygens (including phenoxy) is 3. The van der Waals surface area contributed by atoms with Crippen LogP contribution < -0.4 is 14.8 Å². The van der Waals surface area contributed by atoms with Gasteiger partial charge in [0, 0.05) is 33.4 Å². The first kappa shape index (κ1) is 19.9. The molecule has 0 saturated heterocycles. The third kappa shape index (κ3) is 4.51. The zero-order valence-electron chi connectivity index (χ0n) is 16.5. The van der Waals surface area contributed by atoms with Crippen molar-refractivity contribution in [3.63, 3.8) is 0 Å². The van der Waals surface area contributed by atoms with Gasteiger partial charge in [0.15, 0.2) is 17.2 Å². The normalized spacial score (nSPS) is 13.0. The van der Waals surface area contributed by atoms with E-state index in [1.807, 2.05) is 12.1 Å². The number of amides is 1. The highest BCUT2D eigenvalue weighted by atomic mass is 16.5. The molecule has 0 atom stereocenters. The van der Waals surface area contributed by atoms with Gasteiger partial charge >= 0.3 is 0 Å². The van der Waals surface area contributed by atoms with Crippen molar-refractivity contribution in [1.82, 2.24) is 15.1 Å². The molecule has 150 valence electrons. The number of hydrogen-bond acceptors (Lipinski definition) is 7. The number of rotatable bonds is 8. The number of nitrogens with one attached hydrogen (secondary N) is 1. The van der Waals surface area contributed by atoms with E-state index in [1.165, 1.54) is 5.56 Å². The van der Waals surface area contributed by atoms with Crippen molar-refractivity contribution in [2.45, 2.75) is 19.4 Å². The van der Waals surface area contributed by atoms with E-state index in [2.05, 4.69) is 15.5 Å². The largest absolute Gasteiger partial charge is 0.493 e. The van der Waals surface area contributed by atoms with E-state index < -0.39 is 0 Å². The minimum absolute atomic E-state index is 0.126. The van der Waals surface area contributed by atoms with Gasteiger partial charge in [-0.25, -0.2) is 0 Å².